The van der Waals surface area contributed by atoms with Gasteiger partial charge in [-0.3, -0.25) is 9.10 Å². The fraction of sp³-hybridized carbons (Fsp3) is 0.278. The number of fused-ring (bicyclic) bond motifs is 1. The zero-order valence-corrected chi connectivity index (χ0v) is 14.7. The predicted molar refractivity (Wildman–Crippen MR) is 92.4 cm³/mol. The fourth-order valence-corrected chi connectivity index (χ4v) is 4.51. The fourth-order valence-electron chi connectivity index (χ4n) is 2.94. The molecule has 0 saturated heterocycles. The van der Waals surface area contributed by atoms with Gasteiger partial charge in [0.1, 0.15) is 5.75 Å². The molecule has 6 heteroatoms. The van der Waals surface area contributed by atoms with E-state index in [0.717, 1.165) is 11.1 Å². The molecule has 0 radical (unpaired) electrons. The summed E-state index contributed by atoms with van der Waals surface area (Å²) in [5.41, 5.74) is 2.60. The van der Waals surface area contributed by atoms with Gasteiger partial charge in [0.15, 0.2) is 5.78 Å². The minimum absolute atomic E-state index is 0.0222. The minimum atomic E-state index is -3.73. The quantitative estimate of drug-likeness (QED) is 0.857. The van der Waals surface area contributed by atoms with Crippen LogP contribution in [0.25, 0.3) is 0 Å². The van der Waals surface area contributed by atoms with Gasteiger partial charge < -0.3 is 4.74 Å². The molecule has 24 heavy (non-hydrogen) atoms. The monoisotopic (exact) mass is 345 g/mol. The highest BCUT2D eigenvalue weighted by atomic mass is 32.2. The van der Waals surface area contributed by atoms with Gasteiger partial charge >= 0.3 is 0 Å². The van der Waals surface area contributed by atoms with E-state index >= 15 is 0 Å². The van der Waals surface area contributed by atoms with Crippen LogP contribution in [0.4, 0.5) is 5.69 Å². The summed E-state index contributed by atoms with van der Waals surface area (Å²) < 4.78 is 32.6. The molecule has 0 unspecified atom stereocenters. The van der Waals surface area contributed by atoms with Gasteiger partial charge in [0, 0.05) is 18.5 Å². The van der Waals surface area contributed by atoms with Crippen molar-refractivity contribution < 1.29 is 17.9 Å². The third kappa shape index (κ3) is 2.67. The van der Waals surface area contributed by atoms with E-state index in [9.17, 15) is 13.2 Å². The van der Waals surface area contributed by atoms with Gasteiger partial charge in [0.2, 0.25) is 0 Å². The van der Waals surface area contributed by atoms with Crippen LogP contribution in [0, 0.1) is 13.8 Å². The van der Waals surface area contributed by atoms with Gasteiger partial charge in [-0.2, -0.15) is 0 Å². The SMILES string of the molecule is COc1ccc(S(=O)(=O)N2CCC(=O)c3cc(C)ccc32)cc1C. The molecule has 1 aliphatic heterocycles. The molecule has 1 heterocycles. The van der Waals surface area contributed by atoms with Crippen LogP contribution in [0.15, 0.2) is 41.3 Å². The Kier molecular flexibility index (Phi) is 4.09. The second kappa shape index (κ2) is 5.94. The van der Waals surface area contributed by atoms with Gasteiger partial charge in [-0.25, -0.2) is 8.42 Å². The molecule has 0 N–H and O–H groups in total. The number of anilines is 1. The summed E-state index contributed by atoms with van der Waals surface area (Å²) in [5.74, 6) is 0.616. The molecule has 0 aromatic heterocycles. The summed E-state index contributed by atoms with van der Waals surface area (Å²) in [6, 6.07) is 10.0. The van der Waals surface area contributed by atoms with Crippen LogP contribution in [0.2, 0.25) is 0 Å². The number of hydrogen-bond acceptors (Lipinski definition) is 4. The molecule has 5 nitrogen and oxygen atoms in total. The van der Waals surface area contributed by atoms with Crippen LogP contribution in [-0.4, -0.2) is 27.9 Å². The average molecular weight is 345 g/mol. The first-order chi connectivity index (χ1) is 11.3. The number of carbonyl (C=O) groups is 1. The maximum atomic E-state index is 13.1. The summed E-state index contributed by atoms with van der Waals surface area (Å²) in [7, 11) is -2.19. The maximum Gasteiger partial charge on any atom is 0.264 e. The first-order valence-corrected chi connectivity index (χ1v) is 9.10. The van der Waals surface area contributed by atoms with E-state index in [2.05, 4.69) is 0 Å². The number of Topliss-reactive ketones (excluding diaryl/α,β-unsaturated/α-hetero) is 1. The average Bonchev–Trinajstić information content (AvgIpc) is 2.55. The van der Waals surface area contributed by atoms with Crippen LogP contribution in [-0.2, 0) is 10.0 Å². The maximum absolute atomic E-state index is 13.1. The number of carbonyl (C=O) groups excluding carboxylic acids is 1. The second-order valence-corrected chi connectivity index (χ2v) is 7.76. The van der Waals surface area contributed by atoms with Gasteiger partial charge in [-0.05, 0) is 49.7 Å². The summed E-state index contributed by atoms with van der Waals surface area (Å²) >= 11 is 0. The number of nitrogens with zero attached hydrogens (tertiary/aromatic N) is 1. The molecule has 2 aromatic carbocycles. The van der Waals surface area contributed by atoms with Crippen LogP contribution in [0.5, 0.6) is 5.75 Å². The first kappa shape index (κ1) is 16.5. The highest BCUT2D eigenvalue weighted by molar-refractivity contribution is 7.92. The zero-order valence-electron chi connectivity index (χ0n) is 13.9. The third-order valence-corrected chi connectivity index (χ3v) is 6.03. The molecule has 126 valence electrons. The molecule has 0 aliphatic carbocycles. The lowest BCUT2D eigenvalue weighted by Gasteiger charge is -2.30. The standard InChI is InChI=1S/C18H19NO4S/c1-12-4-6-16-15(10-12)17(20)8-9-19(16)24(21,22)14-5-7-18(23-3)13(2)11-14/h4-7,10-11H,8-9H2,1-3H3. The molecule has 3 rings (SSSR count). The number of aryl methyl sites for hydroxylation is 2. The van der Waals surface area contributed by atoms with Crippen molar-refractivity contribution in [2.75, 3.05) is 18.0 Å². The van der Waals surface area contributed by atoms with Crippen molar-refractivity contribution in [2.45, 2.75) is 25.2 Å². The van der Waals surface area contributed by atoms with Crippen molar-refractivity contribution >= 4 is 21.5 Å². The Morgan fingerprint density at radius 1 is 1.08 bits per heavy atom. The first-order valence-electron chi connectivity index (χ1n) is 7.66. The number of ketones is 1. The van der Waals surface area contributed by atoms with E-state index < -0.39 is 10.0 Å². The smallest absolute Gasteiger partial charge is 0.264 e. The summed E-state index contributed by atoms with van der Waals surface area (Å²) in [6.07, 6.45) is 0.185. The number of sulfonamides is 1. The van der Waals surface area contributed by atoms with Crippen molar-refractivity contribution in [3.05, 3.63) is 53.1 Å². The van der Waals surface area contributed by atoms with Crippen molar-refractivity contribution in [2.24, 2.45) is 0 Å². The molecule has 0 bridgehead atoms. The van der Waals surface area contributed by atoms with Crippen LogP contribution < -0.4 is 9.04 Å². The van der Waals surface area contributed by atoms with E-state index in [1.165, 1.54) is 10.4 Å². The predicted octanol–water partition coefficient (Wildman–Crippen LogP) is 3.09. The Morgan fingerprint density at radius 3 is 2.50 bits per heavy atom. The molecule has 0 spiro atoms. The summed E-state index contributed by atoms with van der Waals surface area (Å²) in [6.45, 7) is 3.84. The Bertz CT molecular complexity index is 919. The lowest BCUT2D eigenvalue weighted by Crippen LogP contribution is -2.37. The van der Waals surface area contributed by atoms with E-state index in [-0.39, 0.29) is 23.6 Å². The Labute approximate surface area is 141 Å². The molecule has 0 saturated carbocycles. The Balaban J connectivity index is 2.10. The molecule has 1 aliphatic rings. The molecule has 0 fully saturated rings. The second-order valence-electron chi connectivity index (χ2n) is 5.90. The Morgan fingerprint density at radius 2 is 1.83 bits per heavy atom. The third-order valence-electron chi connectivity index (χ3n) is 4.22. The van der Waals surface area contributed by atoms with Crippen LogP contribution in [0.3, 0.4) is 0 Å². The van der Waals surface area contributed by atoms with Crippen molar-refractivity contribution in [3.63, 3.8) is 0 Å². The van der Waals surface area contributed by atoms with E-state index in [4.69, 9.17) is 4.74 Å². The van der Waals surface area contributed by atoms with Crippen molar-refractivity contribution in [3.8, 4) is 5.75 Å². The van der Waals surface area contributed by atoms with Gasteiger partial charge in [-0.1, -0.05) is 11.6 Å². The highest BCUT2D eigenvalue weighted by Gasteiger charge is 2.32. The Hall–Kier alpha value is -2.34. The van der Waals surface area contributed by atoms with Crippen LogP contribution >= 0.6 is 0 Å². The van der Waals surface area contributed by atoms with Gasteiger partial charge in [-0.15, -0.1) is 0 Å². The van der Waals surface area contributed by atoms with E-state index in [0.29, 0.717) is 17.0 Å². The molecular weight excluding hydrogens is 326 g/mol. The summed E-state index contributed by atoms with van der Waals surface area (Å²) in [4.78, 5) is 12.3. The zero-order chi connectivity index (χ0) is 17.5. The largest absolute Gasteiger partial charge is 0.496 e. The van der Waals surface area contributed by atoms with E-state index in [1.54, 1.807) is 38.3 Å². The minimum Gasteiger partial charge on any atom is -0.496 e. The number of methoxy groups -OCH3 is 1. The molecule has 2 aromatic rings. The highest BCUT2D eigenvalue weighted by Crippen LogP contribution is 2.33. The lowest BCUT2D eigenvalue weighted by atomic mass is 10.0. The van der Waals surface area contributed by atoms with Gasteiger partial charge in [0.05, 0.1) is 17.7 Å². The van der Waals surface area contributed by atoms with E-state index in [1.807, 2.05) is 13.0 Å². The lowest BCUT2D eigenvalue weighted by molar-refractivity contribution is 0.0982. The topological polar surface area (TPSA) is 63.7 Å². The van der Waals surface area contributed by atoms with Gasteiger partial charge in [0.25, 0.3) is 10.0 Å². The number of benzene rings is 2. The van der Waals surface area contributed by atoms with Crippen molar-refractivity contribution in [1.29, 1.82) is 0 Å². The van der Waals surface area contributed by atoms with Crippen LogP contribution in [0.1, 0.15) is 27.9 Å². The summed E-state index contributed by atoms with van der Waals surface area (Å²) in [5, 5.41) is 0. The molecular formula is C18H19NO4S. The van der Waals surface area contributed by atoms with Crippen molar-refractivity contribution in [1.82, 2.24) is 0 Å². The molecule has 0 atom stereocenters. The number of hydrogen-bond donors (Lipinski definition) is 0. The normalized spacial score (nSPS) is 14.5. The molecule has 0 amide bonds. The number of ether oxygens (including phenoxy) is 1. The number of rotatable bonds is 3.